The number of alkyl halides is 6. The Balaban J connectivity index is 3.37. The van der Waals surface area contributed by atoms with Crippen LogP contribution in [0.15, 0.2) is 18.2 Å². The third-order valence-corrected chi connectivity index (χ3v) is 2.73. The Morgan fingerprint density at radius 3 is 1.53 bits per heavy atom. The molecule has 4 nitrogen and oxygen atoms in total. The van der Waals surface area contributed by atoms with Crippen molar-refractivity contribution in [3.8, 4) is 5.75 Å². The van der Waals surface area contributed by atoms with Crippen molar-refractivity contribution in [1.82, 2.24) is 0 Å². The van der Waals surface area contributed by atoms with Crippen LogP contribution in [0, 0.1) is 0 Å². The van der Waals surface area contributed by atoms with Crippen molar-refractivity contribution < 1.29 is 42.0 Å². The standard InChI is InChI=1S/C8H5AsF6O4/c10-7(11,12)4-1-5(8(13,14)15)3-6(2-4)19-9(16,17)18/h1-3H,(H2,16,17,18). The molecular formula is C8H5AsF6O4. The van der Waals surface area contributed by atoms with E-state index in [-0.39, 0.29) is 18.2 Å². The Morgan fingerprint density at radius 1 is 0.895 bits per heavy atom. The van der Waals surface area contributed by atoms with Crippen molar-refractivity contribution in [2.75, 3.05) is 0 Å². The first-order valence-electron chi connectivity index (χ1n) is 4.34. The van der Waals surface area contributed by atoms with Gasteiger partial charge < -0.3 is 0 Å². The van der Waals surface area contributed by atoms with Crippen LogP contribution in [0.5, 0.6) is 5.75 Å². The molecule has 11 heteroatoms. The Kier molecular flexibility index (Phi) is 4.00. The van der Waals surface area contributed by atoms with E-state index in [4.69, 9.17) is 8.19 Å². The molecule has 0 spiro atoms. The second-order valence-corrected chi connectivity index (χ2v) is 5.77. The number of halogens is 6. The predicted molar refractivity (Wildman–Crippen MR) is 48.0 cm³/mol. The van der Waals surface area contributed by atoms with Crippen LogP contribution in [0.3, 0.4) is 0 Å². The molecule has 0 fully saturated rings. The second kappa shape index (κ2) is 4.77. The summed E-state index contributed by atoms with van der Waals surface area (Å²) in [6, 6.07) is -0.0232. The van der Waals surface area contributed by atoms with Gasteiger partial charge in [-0.3, -0.25) is 0 Å². The van der Waals surface area contributed by atoms with E-state index in [1.54, 1.807) is 0 Å². The van der Waals surface area contributed by atoms with E-state index in [0.29, 0.717) is 0 Å². The fraction of sp³-hybridized carbons (Fsp3) is 0.250. The zero-order chi connectivity index (χ0) is 15.1. The first-order chi connectivity index (χ1) is 8.29. The van der Waals surface area contributed by atoms with Crippen molar-refractivity contribution in [3.05, 3.63) is 29.3 Å². The van der Waals surface area contributed by atoms with Crippen LogP contribution < -0.4 is 3.73 Å². The third-order valence-electron chi connectivity index (χ3n) is 1.79. The van der Waals surface area contributed by atoms with Crippen molar-refractivity contribution in [1.29, 1.82) is 0 Å². The molecule has 1 rings (SSSR count). The zero-order valence-electron chi connectivity index (χ0n) is 8.66. The monoisotopic (exact) mass is 354 g/mol. The molecule has 0 amide bonds. The molecule has 108 valence electrons. The van der Waals surface area contributed by atoms with E-state index in [2.05, 4.69) is 3.73 Å². The average Bonchev–Trinajstić information content (AvgIpc) is 2.11. The van der Waals surface area contributed by atoms with Gasteiger partial charge in [0.05, 0.1) is 0 Å². The molecule has 19 heavy (non-hydrogen) atoms. The fourth-order valence-corrected chi connectivity index (χ4v) is 1.91. The molecule has 0 radical (unpaired) electrons. The molecule has 0 aromatic heterocycles. The summed E-state index contributed by atoms with van der Waals surface area (Å²) in [6.07, 6.45) is -10.2. The molecule has 0 saturated heterocycles. The first kappa shape index (κ1) is 15.9. The van der Waals surface area contributed by atoms with E-state index < -0.39 is 43.7 Å². The van der Waals surface area contributed by atoms with Crippen LogP contribution in [0.4, 0.5) is 26.3 Å². The first-order valence-corrected chi connectivity index (χ1v) is 7.55. The molecule has 0 unspecified atom stereocenters. The van der Waals surface area contributed by atoms with Crippen molar-refractivity contribution in [2.24, 2.45) is 0 Å². The molecule has 1 aromatic rings. The molecule has 1 aromatic carbocycles. The average molecular weight is 354 g/mol. The van der Waals surface area contributed by atoms with Crippen molar-refractivity contribution >= 4 is 14.5 Å². The number of rotatable bonds is 2. The molecule has 0 heterocycles. The van der Waals surface area contributed by atoms with Crippen molar-refractivity contribution in [3.63, 3.8) is 0 Å². The van der Waals surface area contributed by atoms with Crippen LogP contribution >= 0.6 is 0 Å². The molecule has 0 aliphatic carbocycles. The molecular weight excluding hydrogens is 349 g/mol. The van der Waals surface area contributed by atoms with Gasteiger partial charge in [0.25, 0.3) is 0 Å². The molecule has 2 N–H and O–H groups in total. The van der Waals surface area contributed by atoms with Gasteiger partial charge in [0, 0.05) is 0 Å². The SMILES string of the molecule is O=[As](O)(O)Oc1cc(C(F)(F)F)cc(C(F)(F)F)c1. The maximum atomic E-state index is 12.4. The minimum atomic E-state index is -5.88. The van der Waals surface area contributed by atoms with Crippen LogP contribution in [0.25, 0.3) is 0 Å². The molecule has 0 aliphatic rings. The summed E-state index contributed by atoms with van der Waals surface area (Å²) in [4.78, 5) is 0. The zero-order valence-corrected chi connectivity index (χ0v) is 10.5. The Labute approximate surface area is 105 Å². The Bertz CT molecular complexity index is 485. The van der Waals surface area contributed by atoms with Gasteiger partial charge in [-0.05, 0) is 0 Å². The van der Waals surface area contributed by atoms with Crippen LogP contribution in [0.1, 0.15) is 11.1 Å². The predicted octanol–water partition coefficient (Wildman–Crippen LogP) is 1.95. The van der Waals surface area contributed by atoms with Gasteiger partial charge in [0.2, 0.25) is 0 Å². The summed E-state index contributed by atoms with van der Waals surface area (Å²) in [5, 5.41) is 0. The van der Waals surface area contributed by atoms with E-state index in [1.165, 1.54) is 0 Å². The van der Waals surface area contributed by atoms with Gasteiger partial charge >= 0.3 is 104 Å². The summed E-state index contributed by atoms with van der Waals surface area (Å²) in [6.45, 7) is 0. The summed E-state index contributed by atoms with van der Waals surface area (Å²) >= 11 is -5.88. The van der Waals surface area contributed by atoms with E-state index in [0.717, 1.165) is 0 Å². The molecule has 0 saturated carbocycles. The van der Waals surface area contributed by atoms with Crippen LogP contribution in [0.2, 0.25) is 0 Å². The van der Waals surface area contributed by atoms with E-state index in [1.807, 2.05) is 0 Å². The second-order valence-electron chi connectivity index (χ2n) is 3.32. The Hall–Kier alpha value is -1.12. The van der Waals surface area contributed by atoms with Gasteiger partial charge in [0.15, 0.2) is 0 Å². The topological polar surface area (TPSA) is 66.8 Å². The minimum absolute atomic E-state index is 0.0790. The quantitative estimate of drug-likeness (QED) is 0.630. The molecule has 0 atom stereocenters. The van der Waals surface area contributed by atoms with Gasteiger partial charge in [-0.15, -0.1) is 0 Å². The summed E-state index contributed by atoms with van der Waals surface area (Å²) in [7, 11) is 0. The summed E-state index contributed by atoms with van der Waals surface area (Å²) in [5.74, 6) is -1.20. The number of hydrogen-bond donors (Lipinski definition) is 2. The van der Waals surface area contributed by atoms with Crippen LogP contribution in [-0.2, 0) is 16.1 Å². The van der Waals surface area contributed by atoms with Gasteiger partial charge in [-0.1, -0.05) is 0 Å². The number of benzene rings is 1. The van der Waals surface area contributed by atoms with Gasteiger partial charge in [-0.2, -0.15) is 0 Å². The van der Waals surface area contributed by atoms with E-state index in [9.17, 15) is 30.1 Å². The fourth-order valence-electron chi connectivity index (χ4n) is 1.12. The van der Waals surface area contributed by atoms with Gasteiger partial charge in [0.1, 0.15) is 0 Å². The Morgan fingerprint density at radius 2 is 1.26 bits per heavy atom. The maximum absolute atomic E-state index is 12.4. The molecule has 0 bridgehead atoms. The number of hydrogen-bond acceptors (Lipinski definition) is 2. The summed E-state index contributed by atoms with van der Waals surface area (Å²) < 4.78 is 105. The normalized spacial score (nSPS) is 13.5. The van der Waals surface area contributed by atoms with E-state index >= 15 is 0 Å². The molecule has 0 aliphatic heterocycles. The van der Waals surface area contributed by atoms with Crippen molar-refractivity contribution in [2.45, 2.75) is 12.4 Å². The summed E-state index contributed by atoms with van der Waals surface area (Å²) in [5.41, 5.74) is -3.44. The van der Waals surface area contributed by atoms with Gasteiger partial charge in [-0.25, -0.2) is 0 Å². The third kappa shape index (κ3) is 4.81. The van der Waals surface area contributed by atoms with Crippen LogP contribution in [-0.4, -0.2) is 22.7 Å².